The van der Waals surface area contributed by atoms with Crippen molar-refractivity contribution < 1.29 is 14.3 Å². The lowest BCUT2D eigenvalue weighted by Crippen LogP contribution is -2.57. The molecule has 1 heterocycles. The summed E-state index contributed by atoms with van der Waals surface area (Å²) in [5, 5.41) is 9.64. The fourth-order valence-corrected chi connectivity index (χ4v) is 4.83. The van der Waals surface area contributed by atoms with Crippen molar-refractivity contribution in [3.8, 4) is 5.75 Å². The molecule has 0 bridgehead atoms. The largest absolute Gasteiger partial charge is 0.489 e. The third-order valence-corrected chi connectivity index (χ3v) is 6.89. The van der Waals surface area contributed by atoms with Crippen molar-refractivity contribution in [1.29, 1.82) is 0 Å². The van der Waals surface area contributed by atoms with Crippen molar-refractivity contribution in [1.82, 2.24) is 20.9 Å². The highest BCUT2D eigenvalue weighted by Gasteiger charge is 2.29. The number of amides is 2. The van der Waals surface area contributed by atoms with Crippen LogP contribution in [0, 0.1) is 0 Å². The second kappa shape index (κ2) is 14.6. The van der Waals surface area contributed by atoms with Crippen LogP contribution in [0.3, 0.4) is 0 Å². The van der Waals surface area contributed by atoms with Crippen LogP contribution >= 0.6 is 0 Å². The van der Waals surface area contributed by atoms with Gasteiger partial charge in [0.25, 0.3) is 0 Å². The number of aromatic nitrogens is 1. The smallest absolute Gasteiger partial charge is 0.243 e. The molecular formula is C34H42N4O3. The topological polar surface area (TPSA) is 92.4 Å². The number of benzene rings is 2. The molecule has 0 saturated carbocycles. The van der Waals surface area contributed by atoms with Gasteiger partial charge in [-0.3, -0.25) is 19.9 Å². The van der Waals surface area contributed by atoms with Gasteiger partial charge < -0.3 is 15.4 Å². The number of nitrogens with one attached hydrogen (secondary N) is 3. The molecule has 7 nitrogen and oxygen atoms in total. The molecule has 0 radical (unpaired) electrons. The van der Waals surface area contributed by atoms with E-state index in [4.69, 9.17) is 4.74 Å². The lowest BCUT2D eigenvalue weighted by molar-refractivity contribution is -0.130. The monoisotopic (exact) mass is 554 g/mol. The minimum atomic E-state index is -0.738. The van der Waals surface area contributed by atoms with Crippen molar-refractivity contribution in [3.05, 3.63) is 108 Å². The summed E-state index contributed by atoms with van der Waals surface area (Å²) in [6.45, 7) is 6.29. The maximum absolute atomic E-state index is 13.7. The first-order valence-corrected chi connectivity index (χ1v) is 14.4. The average molecular weight is 555 g/mol. The molecule has 0 fully saturated rings. The van der Waals surface area contributed by atoms with E-state index >= 15 is 0 Å². The van der Waals surface area contributed by atoms with Crippen LogP contribution in [0.15, 0.2) is 91.3 Å². The standard InChI is InChI=1S/C34H42N4O3/c1-34(2,3)38-33(40)31(21-25-16-18-29(19-17-25)41-24-26-11-6-4-7-12-26)37-32(39)30(22-27-13-10-20-35-23-27)36-28-14-8-5-9-15-28/h4,6-8,10-14,16-20,23,28,30-31,36H,5,9,15,21-22,24H2,1-3H3,(H,37,39)(H,38,40)/t28?,30-,31-/m0/s1. The number of allylic oxidation sites excluding steroid dienone is 1. The Morgan fingerprint density at radius 3 is 2.29 bits per heavy atom. The summed E-state index contributed by atoms with van der Waals surface area (Å²) in [6, 6.07) is 20.4. The first kappa shape index (κ1) is 30.0. The number of carbonyl (C=O) groups excluding carboxylic acids is 2. The maximum atomic E-state index is 13.7. The molecule has 7 heteroatoms. The van der Waals surface area contributed by atoms with E-state index in [1.807, 2.05) is 87.5 Å². The van der Waals surface area contributed by atoms with E-state index in [9.17, 15) is 9.59 Å². The number of rotatable bonds is 12. The molecule has 3 atom stereocenters. The number of pyridine rings is 1. The Morgan fingerprint density at radius 2 is 1.63 bits per heavy atom. The van der Waals surface area contributed by atoms with Gasteiger partial charge >= 0.3 is 0 Å². The summed E-state index contributed by atoms with van der Waals surface area (Å²) in [5.74, 6) is 0.330. The molecular weight excluding hydrogens is 512 g/mol. The molecule has 1 aromatic heterocycles. The third-order valence-electron chi connectivity index (χ3n) is 6.89. The van der Waals surface area contributed by atoms with Crippen molar-refractivity contribution in [2.24, 2.45) is 0 Å². The molecule has 0 saturated heterocycles. The summed E-state index contributed by atoms with van der Waals surface area (Å²) in [6.07, 6.45) is 11.7. The number of carbonyl (C=O) groups is 2. The molecule has 41 heavy (non-hydrogen) atoms. The lowest BCUT2D eigenvalue weighted by Gasteiger charge is -2.29. The van der Waals surface area contributed by atoms with Crippen molar-refractivity contribution in [2.75, 3.05) is 0 Å². The second-order valence-corrected chi connectivity index (χ2v) is 11.7. The van der Waals surface area contributed by atoms with E-state index < -0.39 is 17.6 Å². The fourth-order valence-electron chi connectivity index (χ4n) is 4.83. The number of hydrogen-bond donors (Lipinski definition) is 3. The normalized spacial score (nSPS) is 16.4. The van der Waals surface area contributed by atoms with Crippen molar-refractivity contribution in [2.45, 2.75) is 83.1 Å². The molecule has 1 aliphatic carbocycles. The SMILES string of the molecule is CC(C)(C)NC(=O)[C@H](Cc1ccc(OCc2ccccc2)cc1)NC(=O)[C@H](Cc1cccnc1)NC1C=CCCC1. The molecule has 4 rings (SSSR count). The van der Waals surface area contributed by atoms with Gasteiger partial charge in [-0.2, -0.15) is 0 Å². The third kappa shape index (κ3) is 10.2. The van der Waals surface area contributed by atoms with E-state index in [-0.39, 0.29) is 17.9 Å². The van der Waals surface area contributed by atoms with Gasteiger partial charge in [0.05, 0.1) is 6.04 Å². The summed E-state index contributed by atoms with van der Waals surface area (Å²) >= 11 is 0. The van der Waals surface area contributed by atoms with Crippen molar-refractivity contribution >= 4 is 11.8 Å². The highest BCUT2D eigenvalue weighted by molar-refractivity contribution is 5.90. The van der Waals surface area contributed by atoms with Crippen LogP contribution in [0.2, 0.25) is 0 Å². The molecule has 1 unspecified atom stereocenters. The summed E-state index contributed by atoms with van der Waals surface area (Å²) in [4.78, 5) is 31.4. The highest BCUT2D eigenvalue weighted by atomic mass is 16.5. The summed E-state index contributed by atoms with van der Waals surface area (Å²) in [7, 11) is 0. The Hall–Kier alpha value is -3.97. The van der Waals surface area contributed by atoms with Gasteiger partial charge in [0, 0.05) is 30.4 Å². The van der Waals surface area contributed by atoms with Crippen LogP contribution in [0.1, 0.15) is 56.7 Å². The Kier molecular flexibility index (Phi) is 10.7. The lowest BCUT2D eigenvalue weighted by atomic mass is 9.99. The zero-order valence-corrected chi connectivity index (χ0v) is 24.3. The zero-order chi connectivity index (χ0) is 29.1. The number of hydrogen-bond acceptors (Lipinski definition) is 5. The molecule has 0 spiro atoms. The minimum absolute atomic E-state index is 0.112. The second-order valence-electron chi connectivity index (χ2n) is 11.7. The Labute approximate surface area is 243 Å². The Morgan fingerprint density at radius 1 is 0.902 bits per heavy atom. The molecule has 3 aromatic rings. The van der Waals surface area contributed by atoms with E-state index in [0.29, 0.717) is 19.4 Å². The molecule has 216 valence electrons. The van der Waals surface area contributed by atoms with Crippen LogP contribution in [0.4, 0.5) is 0 Å². The fraction of sp³-hybridized carbons (Fsp3) is 0.382. The van der Waals surface area contributed by atoms with Crippen LogP contribution < -0.4 is 20.7 Å². The first-order chi connectivity index (χ1) is 19.7. The molecule has 2 amide bonds. The first-order valence-electron chi connectivity index (χ1n) is 14.4. The molecule has 2 aromatic carbocycles. The van der Waals surface area contributed by atoms with Crippen LogP contribution in [0.5, 0.6) is 5.75 Å². The highest BCUT2D eigenvalue weighted by Crippen LogP contribution is 2.17. The van der Waals surface area contributed by atoms with Gasteiger partial charge in [-0.1, -0.05) is 60.7 Å². The van der Waals surface area contributed by atoms with E-state index in [1.165, 1.54) is 0 Å². The maximum Gasteiger partial charge on any atom is 0.243 e. The number of ether oxygens (including phenoxy) is 1. The van der Waals surface area contributed by atoms with Crippen LogP contribution in [-0.4, -0.2) is 40.5 Å². The van der Waals surface area contributed by atoms with E-state index in [1.54, 1.807) is 12.4 Å². The van der Waals surface area contributed by atoms with Gasteiger partial charge in [-0.25, -0.2) is 0 Å². The quantitative estimate of drug-likeness (QED) is 0.277. The Balaban J connectivity index is 1.47. The van der Waals surface area contributed by atoms with E-state index in [2.05, 4.69) is 33.1 Å². The van der Waals surface area contributed by atoms with Crippen molar-refractivity contribution in [3.63, 3.8) is 0 Å². The number of nitrogens with zero attached hydrogens (tertiary/aromatic N) is 1. The molecule has 1 aliphatic rings. The minimum Gasteiger partial charge on any atom is -0.489 e. The van der Waals surface area contributed by atoms with Gasteiger partial charge in [-0.05, 0) is 81.3 Å². The summed E-state index contributed by atoms with van der Waals surface area (Å²) < 4.78 is 5.92. The van der Waals surface area contributed by atoms with Crippen LogP contribution in [0.25, 0.3) is 0 Å². The van der Waals surface area contributed by atoms with Gasteiger partial charge in [0.1, 0.15) is 18.4 Å². The molecule has 0 aliphatic heterocycles. The average Bonchev–Trinajstić information content (AvgIpc) is 2.97. The predicted molar refractivity (Wildman–Crippen MR) is 162 cm³/mol. The van der Waals surface area contributed by atoms with Gasteiger partial charge in [-0.15, -0.1) is 0 Å². The predicted octanol–water partition coefficient (Wildman–Crippen LogP) is 4.91. The van der Waals surface area contributed by atoms with Gasteiger partial charge in [0.2, 0.25) is 11.8 Å². The Bertz CT molecular complexity index is 1270. The zero-order valence-electron chi connectivity index (χ0n) is 24.3. The van der Waals surface area contributed by atoms with Crippen LogP contribution in [-0.2, 0) is 29.0 Å². The molecule has 3 N–H and O–H groups in total. The van der Waals surface area contributed by atoms with E-state index in [0.717, 1.165) is 41.7 Å². The summed E-state index contributed by atoms with van der Waals surface area (Å²) in [5.41, 5.74) is 2.55. The van der Waals surface area contributed by atoms with Gasteiger partial charge in [0.15, 0.2) is 0 Å².